The highest BCUT2D eigenvalue weighted by atomic mass is 35.5. The van der Waals surface area contributed by atoms with Crippen molar-refractivity contribution in [1.82, 2.24) is 19.9 Å². The van der Waals surface area contributed by atoms with Crippen LogP contribution in [0.5, 0.6) is 0 Å². The maximum Gasteiger partial charge on any atom is 0.141 e. The van der Waals surface area contributed by atoms with Crippen LogP contribution in [0.1, 0.15) is 5.69 Å². The molecule has 1 aromatic heterocycles. The van der Waals surface area contributed by atoms with Crippen molar-refractivity contribution in [3.8, 4) is 5.69 Å². The standard InChI is InChI=1S/C14H16ClFN4O2/c15-13-5-11(1-2-14(13)16)20-7-10(17-18-20)6-19-3-4-22-12(8-19)9-21/h1-2,5,7,12,21H,3-4,6,8-9H2. The largest absolute Gasteiger partial charge is 0.394 e. The number of nitrogens with zero attached hydrogens (tertiary/aromatic N) is 4. The Kier molecular flexibility index (Phi) is 4.68. The molecule has 1 aliphatic heterocycles. The second-order valence-electron chi connectivity index (χ2n) is 5.16. The van der Waals surface area contributed by atoms with Crippen molar-refractivity contribution >= 4 is 11.6 Å². The second kappa shape index (κ2) is 6.70. The molecule has 1 atom stereocenters. The minimum absolute atomic E-state index is 0.0112. The van der Waals surface area contributed by atoms with Crippen molar-refractivity contribution in [3.05, 3.63) is 40.9 Å². The SMILES string of the molecule is OCC1CN(Cc2cn(-c3ccc(F)c(Cl)c3)nn2)CCO1. The van der Waals surface area contributed by atoms with Gasteiger partial charge in [-0.25, -0.2) is 9.07 Å². The number of aliphatic hydroxyl groups is 1. The van der Waals surface area contributed by atoms with Crippen LogP contribution < -0.4 is 0 Å². The van der Waals surface area contributed by atoms with E-state index in [1.165, 1.54) is 12.1 Å². The van der Waals surface area contributed by atoms with Crippen LogP contribution in [0.2, 0.25) is 5.02 Å². The first-order valence-corrected chi connectivity index (χ1v) is 7.35. The summed E-state index contributed by atoms with van der Waals surface area (Å²) in [5, 5.41) is 17.4. The van der Waals surface area contributed by atoms with E-state index in [0.717, 1.165) is 12.2 Å². The average molecular weight is 327 g/mol. The number of hydrogen-bond donors (Lipinski definition) is 1. The molecule has 2 heterocycles. The number of ether oxygens (including phenoxy) is 1. The van der Waals surface area contributed by atoms with Crippen LogP contribution in [0.4, 0.5) is 4.39 Å². The quantitative estimate of drug-likeness (QED) is 0.916. The third kappa shape index (κ3) is 3.44. The molecule has 0 bridgehead atoms. The molecule has 1 fully saturated rings. The van der Waals surface area contributed by atoms with E-state index in [1.54, 1.807) is 16.9 Å². The number of morpholine rings is 1. The van der Waals surface area contributed by atoms with E-state index >= 15 is 0 Å². The maximum absolute atomic E-state index is 13.2. The predicted molar refractivity (Wildman–Crippen MR) is 78.4 cm³/mol. The van der Waals surface area contributed by atoms with Crippen molar-refractivity contribution in [3.63, 3.8) is 0 Å². The smallest absolute Gasteiger partial charge is 0.141 e. The van der Waals surface area contributed by atoms with Crippen molar-refractivity contribution in [2.45, 2.75) is 12.6 Å². The van der Waals surface area contributed by atoms with Crippen LogP contribution in [0.3, 0.4) is 0 Å². The highest BCUT2D eigenvalue weighted by Gasteiger charge is 2.20. The lowest BCUT2D eigenvalue weighted by Gasteiger charge is -2.31. The maximum atomic E-state index is 13.2. The Hall–Kier alpha value is -1.54. The van der Waals surface area contributed by atoms with E-state index in [4.69, 9.17) is 21.4 Å². The molecule has 2 aromatic rings. The number of hydrogen-bond acceptors (Lipinski definition) is 5. The molecule has 1 N–H and O–H groups in total. The molecule has 0 saturated carbocycles. The molecular formula is C14H16ClFN4O2. The zero-order valence-corrected chi connectivity index (χ0v) is 12.6. The first-order valence-electron chi connectivity index (χ1n) is 6.97. The summed E-state index contributed by atoms with van der Waals surface area (Å²) in [5.74, 6) is -0.464. The highest BCUT2D eigenvalue weighted by Crippen LogP contribution is 2.18. The van der Waals surface area contributed by atoms with Crippen molar-refractivity contribution in [2.24, 2.45) is 0 Å². The van der Waals surface area contributed by atoms with Gasteiger partial charge in [0.2, 0.25) is 0 Å². The van der Waals surface area contributed by atoms with Crippen molar-refractivity contribution < 1.29 is 14.2 Å². The van der Waals surface area contributed by atoms with E-state index in [0.29, 0.717) is 25.4 Å². The van der Waals surface area contributed by atoms with E-state index < -0.39 is 5.82 Å². The first-order chi connectivity index (χ1) is 10.7. The molecule has 6 nitrogen and oxygen atoms in total. The zero-order valence-electron chi connectivity index (χ0n) is 11.8. The van der Waals surface area contributed by atoms with E-state index in [9.17, 15) is 4.39 Å². The monoisotopic (exact) mass is 326 g/mol. The third-order valence-electron chi connectivity index (χ3n) is 3.52. The van der Waals surface area contributed by atoms with Gasteiger partial charge in [0.15, 0.2) is 0 Å². The third-order valence-corrected chi connectivity index (χ3v) is 3.81. The molecule has 118 valence electrons. The minimum Gasteiger partial charge on any atom is -0.394 e. The van der Waals surface area contributed by atoms with Crippen LogP contribution >= 0.6 is 11.6 Å². The second-order valence-corrected chi connectivity index (χ2v) is 5.57. The Morgan fingerprint density at radius 2 is 2.32 bits per heavy atom. The summed E-state index contributed by atoms with van der Waals surface area (Å²) in [6.07, 6.45) is 1.63. The van der Waals surface area contributed by atoms with Gasteiger partial charge in [-0.05, 0) is 18.2 Å². The van der Waals surface area contributed by atoms with E-state index in [-0.39, 0.29) is 17.7 Å². The molecule has 1 aromatic carbocycles. The van der Waals surface area contributed by atoms with Crippen LogP contribution in [0.25, 0.3) is 5.69 Å². The van der Waals surface area contributed by atoms with Gasteiger partial charge in [-0.1, -0.05) is 16.8 Å². The lowest BCUT2D eigenvalue weighted by molar-refractivity contribution is -0.0553. The van der Waals surface area contributed by atoms with Gasteiger partial charge in [0.05, 0.1) is 41.9 Å². The number of aromatic nitrogens is 3. The predicted octanol–water partition coefficient (Wildman–Crippen LogP) is 1.25. The van der Waals surface area contributed by atoms with Crippen LogP contribution in [0.15, 0.2) is 24.4 Å². The van der Waals surface area contributed by atoms with Gasteiger partial charge in [-0.15, -0.1) is 5.10 Å². The first kappa shape index (κ1) is 15.4. The lowest BCUT2D eigenvalue weighted by Crippen LogP contribution is -2.43. The van der Waals surface area contributed by atoms with Gasteiger partial charge >= 0.3 is 0 Å². The van der Waals surface area contributed by atoms with Gasteiger partial charge in [0.25, 0.3) is 0 Å². The summed E-state index contributed by atoms with van der Waals surface area (Å²) >= 11 is 5.78. The van der Waals surface area contributed by atoms with Gasteiger partial charge in [-0.3, -0.25) is 4.90 Å². The summed E-state index contributed by atoms with van der Waals surface area (Å²) in [7, 11) is 0. The molecule has 0 spiro atoms. The van der Waals surface area contributed by atoms with Crippen LogP contribution in [0, 0.1) is 5.82 Å². The topological polar surface area (TPSA) is 63.4 Å². The Morgan fingerprint density at radius 1 is 1.45 bits per heavy atom. The molecule has 0 aliphatic carbocycles. The molecule has 1 saturated heterocycles. The highest BCUT2D eigenvalue weighted by molar-refractivity contribution is 6.30. The number of rotatable bonds is 4. The van der Waals surface area contributed by atoms with Gasteiger partial charge in [0.1, 0.15) is 5.82 Å². The summed E-state index contributed by atoms with van der Waals surface area (Å²) in [6.45, 7) is 2.66. The Balaban J connectivity index is 1.69. The van der Waals surface area contributed by atoms with Crippen LogP contribution in [-0.2, 0) is 11.3 Å². The fraction of sp³-hybridized carbons (Fsp3) is 0.429. The molecule has 1 unspecified atom stereocenters. The average Bonchev–Trinajstić information content (AvgIpc) is 2.98. The van der Waals surface area contributed by atoms with E-state index in [1.807, 2.05) is 0 Å². The Morgan fingerprint density at radius 3 is 3.09 bits per heavy atom. The molecule has 8 heteroatoms. The number of halogens is 2. The molecule has 22 heavy (non-hydrogen) atoms. The Bertz CT molecular complexity index is 652. The number of benzene rings is 1. The van der Waals surface area contributed by atoms with Gasteiger partial charge in [-0.2, -0.15) is 0 Å². The molecule has 3 rings (SSSR count). The van der Waals surface area contributed by atoms with Crippen LogP contribution in [-0.4, -0.2) is 57.4 Å². The molecule has 0 amide bonds. The normalized spacial score (nSPS) is 19.5. The van der Waals surface area contributed by atoms with Crippen molar-refractivity contribution in [1.29, 1.82) is 0 Å². The fourth-order valence-electron chi connectivity index (χ4n) is 2.39. The van der Waals surface area contributed by atoms with Crippen molar-refractivity contribution in [2.75, 3.05) is 26.3 Å². The lowest BCUT2D eigenvalue weighted by atomic mass is 10.2. The summed E-state index contributed by atoms with van der Waals surface area (Å²) < 4.78 is 20.2. The fourth-order valence-corrected chi connectivity index (χ4v) is 2.56. The summed E-state index contributed by atoms with van der Waals surface area (Å²) in [4.78, 5) is 2.15. The molecule has 1 aliphatic rings. The Labute approximate surface area is 132 Å². The van der Waals surface area contributed by atoms with Gasteiger partial charge in [0, 0.05) is 19.6 Å². The number of aliphatic hydroxyl groups excluding tert-OH is 1. The molecular weight excluding hydrogens is 311 g/mol. The van der Waals surface area contributed by atoms with Gasteiger partial charge < -0.3 is 9.84 Å². The minimum atomic E-state index is -0.464. The summed E-state index contributed by atoms with van der Waals surface area (Å²) in [6, 6.07) is 4.40. The van der Waals surface area contributed by atoms with E-state index in [2.05, 4.69) is 15.2 Å². The zero-order chi connectivity index (χ0) is 15.5. The summed E-state index contributed by atoms with van der Waals surface area (Å²) in [5.41, 5.74) is 1.44. The molecule has 0 radical (unpaired) electrons.